The molecular formula is C33H28ClN2NaO5. The maximum absolute atomic E-state index is 11.4. The molecule has 0 saturated heterocycles. The molecule has 1 aliphatic carbocycles. The number of aromatic nitrogens is 1. The fourth-order valence-electron chi connectivity index (χ4n) is 4.88. The fraction of sp³-hybridized carbons (Fsp3) is 0.182. The molecule has 3 aromatic carbocycles. The van der Waals surface area contributed by atoms with Gasteiger partial charge in [-0.05, 0) is 54.7 Å². The smallest absolute Gasteiger partial charge is 0.549 e. The van der Waals surface area contributed by atoms with Gasteiger partial charge in [0.05, 0.1) is 17.0 Å². The predicted molar refractivity (Wildman–Crippen MR) is 157 cm³/mol. The number of anilines is 1. The molecule has 5 aromatic rings. The number of hydrogen-bond acceptors (Lipinski definition) is 7. The molecule has 1 atom stereocenters. The molecule has 0 bridgehead atoms. The third-order valence-corrected chi connectivity index (χ3v) is 7.72. The fourth-order valence-corrected chi connectivity index (χ4v) is 5.17. The average Bonchev–Trinajstić information content (AvgIpc) is 3.73. The Morgan fingerprint density at radius 2 is 1.62 bits per heavy atom. The van der Waals surface area contributed by atoms with Crippen molar-refractivity contribution in [1.82, 2.24) is 4.98 Å². The van der Waals surface area contributed by atoms with Gasteiger partial charge in [-0.1, -0.05) is 78.3 Å². The van der Waals surface area contributed by atoms with E-state index >= 15 is 0 Å². The molecule has 2 aromatic heterocycles. The van der Waals surface area contributed by atoms with Crippen molar-refractivity contribution in [3.05, 3.63) is 107 Å². The largest absolute Gasteiger partial charge is 1.00 e. The number of furan rings is 1. The van der Waals surface area contributed by atoms with Crippen LogP contribution in [-0.2, 0) is 19.7 Å². The molecule has 6 rings (SSSR count). The first-order chi connectivity index (χ1) is 19.9. The topological polar surface area (TPSA) is 104 Å². The summed E-state index contributed by atoms with van der Waals surface area (Å²) in [5.74, 6) is -0.219. The van der Waals surface area contributed by atoms with Gasteiger partial charge in [0.2, 0.25) is 5.71 Å². The van der Waals surface area contributed by atoms with E-state index in [1.54, 1.807) is 19.2 Å². The summed E-state index contributed by atoms with van der Waals surface area (Å²) in [6.45, 7) is 2.20. The van der Waals surface area contributed by atoms with Crippen molar-refractivity contribution in [3.63, 3.8) is 0 Å². The molecule has 9 heteroatoms. The number of carbonyl (C=O) groups excluding carboxylic acids is 2. The minimum Gasteiger partial charge on any atom is -0.549 e. The zero-order valence-corrected chi connectivity index (χ0v) is 26.4. The number of fused-ring (bicyclic) bond motifs is 1. The number of rotatable bonds is 8. The Bertz CT molecular complexity index is 1680. The van der Waals surface area contributed by atoms with Crippen LogP contribution in [0.1, 0.15) is 37.0 Å². The molecular weight excluding hydrogens is 563 g/mol. The van der Waals surface area contributed by atoms with E-state index in [9.17, 15) is 14.7 Å². The van der Waals surface area contributed by atoms with E-state index in [4.69, 9.17) is 20.8 Å². The van der Waals surface area contributed by atoms with Crippen molar-refractivity contribution in [2.24, 2.45) is 0 Å². The first-order valence-corrected chi connectivity index (χ1v) is 13.6. The Balaban J connectivity index is 0.000000264. The molecule has 1 saturated carbocycles. The number of benzene rings is 3. The summed E-state index contributed by atoms with van der Waals surface area (Å²) in [5.41, 5.74) is 5.45. The van der Waals surface area contributed by atoms with E-state index in [0.29, 0.717) is 30.0 Å². The van der Waals surface area contributed by atoms with Gasteiger partial charge < -0.3 is 24.4 Å². The van der Waals surface area contributed by atoms with Gasteiger partial charge in [-0.2, -0.15) is 0 Å². The van der Waals surface area contributed by atoms with Gasteiger partial charge in [-0.25, -0.2) is 4.98 Å². The van der Waals surface area contributed by atoms with Crippen LogP contribution < -0.4 is 40.0 Å². The zero-order valence-electron chi connectivity index (χ0n) is 23.6. The van der Waals surface area contributed by atoms with Crippen molar-refractivity contribution in [2.45, 2.75) is 31.3 Å². The Labute approximate surface area is 271 Å². The van der Waals surface area contributed by atoms with Crippen molar-refractivity contribution in [1.29, 1.82) is 0 Å². The van der Waals surface area contributed by atoms with Crippen LogP contribution in [0.2, 0.25) is 5.02 Å². The Morgan fingerprint density at radius 3 is 2.19 bits per heavy atom. The van der Waals surface area contributed by atoms with Crippen LogP contribution in [0.4, 0.5) is 5.69 Å². The summed E-state index contributed by atoms with van der Waals surface area (Å²) < 4.78 is 10.7. The summed E-state index contributed by atoms with van der Waals surface area (Å²) in [7, 11) is 1.87. The van der Waals surface area contributed by atoms with Gasteiger partial charge in [0, 0.05) is 34.8 Å². The molecule has 1 aliphatic rings. The van der Waals surface area contributed by atoms with E-state index in [1.165, 1.54) is 0 Å². The minimum atomic E-state index is -0.977. The van der Waals surface area contributed by atoms with Crippen LogP contribution in [0.25, 0.3) is 33.6 Å². The Kier molecular flexibility index (Phi) is 10.1. The molecule has 7 nitrogen and oxygen atoms in total. The maximum Gasteiger partial charge on any atom is 1.00 e. The quantitative estimate of drug-likeness (QED) is 0.218. The second-order valence-electron chi connectivity index (χ2n) is 9.83. The van der Waals surface area contributed by atoms with Crippen molar-refractivity contribution >= 4 is 40.8 Å². The zero-order chi connectivity index (χ0) is 29.0. The number of nitrogens with one attached hydrogen (secondary N) is 1. The summed E-state index contributed by atoms with van der Waals surface area (Å²) in [4.78, 5) is 25.7. The van der Waals surface area contributed by atoms with Crippen LogP contribution in [0.15, 0.2) is 95.5 Å². The summed E-state index contributed by atoms with van der Waals surface area (Å²) in [6, 6.07) is 27.0. The third kappa shape index (κ3) is 6.40. The normalized spacial score (nSPS) is 13.6. The molecule has 0 radical (unpaired) electrons. The molecule has 2 heterocycles. The number of nitrogens with zero attached hydrogens (tertiary/aromatic N) is 1. The van der Waals surface area contributed by atoms with Crippen molar-refractivity contribution < 1.29 is 53.4 Å². The third-order valence-electron chi connectivity index (χ3n) is 7.38. The van der Waals surface area contributed by atoms with Gasteiger partial charge in [0.25, 0.3) is 6.47 Å². The number of halogens is 1. The molecule has 1 fully saturated rings. The number of carboxylic acid groups (broad SMARTS) is 1. The van der Waals surface area contributed by atoms with Crippen LogP contribution >= 0.6 is 11.6 Å². The average molecular weight is 591 g/mol. The molecule has 0 aliphatic heterocycles. The second kappa shape index (κ2) is 13.6. The van der Waals surface area contributed by atoms with Crippen LogP contribution in [-0.4, -0.2) is 24.5 Å². The monoisotopic (exact) mass is 590 g/mol. The predicted octanol–water partition coefficient (Wildman–Crippen LogP) is 3.56. The second-order valence-corrected chi connectivity index (χ2v) is 10.2. The van der Waals surface area contributed by atoms with Crippen LogP contribution in [0, 0.1) is 0 Å². The van der Waals surface area contributed by atoms with E-state index in [2.05, 4.69) is 10.3 Å². The summed E-state index contributed by atoms with van der Waals surface area (Å²) >= 11 is 5.86. The molecule has 0 unspecified atom stereocenters. The number of pyridine rings is 1. The van der Waals surface area contributed by atoms with Gasteiger partial charge in [-0.3, -0.25) is 4.79 Å². The Morgan fingerprint density at radius 1 is 1.00 bits per heavy atom. The van der Waals surface area contributed by atoms with Crippen molar-refractivity contribution in [2.75, 3.05) is 12.4 Å². The van der Waals surface area contributed by atoms with Crippen LogP contribution in [0.5, 0.6) is 0 Å². The van der Waals surface area contributed by atoms with Crippen LogP contribution in [0.3, 0.4) is 0 Å². The molecule has 0 amide bonds. The van der Waals surface area contributed by atoms with Gasteiger partial charge in [0.1, 0.15) is 6.10 Å². The number of carboxylic acids is 1. The minimum absolute atomic E-state index is 0. The van der Waals surface area contributed by atoms with Gasteiger partial charge in [-0.15, -0.1) is 0 Å². The summed E-state index contributed by atoms with van der Waals surface area (Å²) in [5, 5.41) is 16.2. The van der Waals surface area contributed by atoms with Gasteiger partial charge in [0.15, 0.2) is 5.76 Å². The number of carbonyl (C=O) groups is 2. The standard InChI is InChI=1S/C24H20N2O3.C9H9ClO2.Na/c1-25-20-19-3-2-14-26-22(19)29-21(20)17-6-4-15(5-7-17)16-8-10-18(11-9-16)24(12-13-24)23(27)28;1-7(12-6-11)8-4-2-3-5-9(8)10;/h2-11,14,25H,12-13H2,1H3,(H,27,28);2-7H,1H3;/q;;+1/p-1/t;7-;/m.1./s1. The number of hydrogen-bond donors (Lipinski definition) is 1. The van der Waals surface area contributed by atoms with Crippen molar-refractivity contribution in [3.8, 4) is 22.5 Å². The maximum atomic E-state index is 11.4. The first-order valence-electron chi connectivity index (χ1n) is 13.2. The van der Waals surface area contributed by atoms with Gasteiger partial charge >= 0.3 is 29.6 Å². The Hall–Kier alpha value is -3.62. The summed E-state index contributed by atoms with van der Waals surface area (Å²) in [6.07, 6.45) is 2.75. The first kappa shape index (κ1) is 31.3. The van der Waals surface area contributed by atoms with E-state index in [-0.39, 0.29) is 35.7 Å². The molecule has 42 heavy (non-hydrogen) atoms. The van der Waals surface area contributed by atoms with E-state index < -0.39 is 11.4 Å². The van der Waals surface area contributed by atoms with E-state index in [0.717, 1.165) is 44.7 Å². The number of ether oxygens (including phenoxy) is 1. The molecule has 0 spiro atoms. The van der Waals surface area contributed by atoms with E-state index in [1.807, 2.05) is 85.9 Å². The SMILES string of the molecule is CNc1c(-c2ccc(-c3ccc(C4(C(=O)[O-])CC4)cc3)cc2)oc2ncccc12.C[C@@H](OC=O)c1ccccc1Cl.[Na+]. The number of aliphatic carboxylic acids is 1. The molecule has 1 N–H and O–H groups in total. The molecule has 208 valence electrons.